The van der Waals surface area contributed by atoms with E-state index >= 15 is 0 Å². The molecule has 2 fully saturated rings. The number of nitrogens with zero attached hydrogens (tertiary/aromatic N) is 1. The first-order chi connectivity index (χ1) is 9.69. The molecule has 0 aromatic carbocycles. The van der Waals surface area contributed by atoms with Crippen LogP contribution < -0.4 is 0 Å². The molecule has 0 N–H and O–H groups in total. The van der Waals surface area contributed by atoms with Crippen LogP contribution in [0.3, 0.4) is 0 Å². The quantitative estimate of drug-likeness (QED) is 0.697. The molecular weight excluding hydrogens is 250 g/mol. The molecule has 1 atom stereocenters. The van der Waals surface area contributed by atoms with E-state index in [9.17, 15) is 4.79 Å². The van der Waals surface area contributed by atoms with E-state index in [1.165, 1.54) is 25.7 Å². The van der Waals surface area contributed by atoms with Gasteiger partial charge in [0.15, 0.2) is 0 Å². The molecule has 0 aromatic heterocycles. The number of hydrogen-bond acceptors (Lipinski definition) is 2. The normalized spacial score (nSPS) is 24.2. The Morgan fingerprint density at radius 3 is 2.75 bits per heavy atom. The van der Waals surface area contributed by atoms with E-state index < -0.39 is 0 Å². The summed E-state index contributed by atoms with van der Waals surface area (Å²) < 4.78 is 5.28. The van der Waals surface area contributed by atoms with E-state index in [0.717, 1.165) is 25.4 Å². The molecule has 3 heteroatoms. The van der Waals surface area contributed by atoms with Crippen molar-refractivity contribution < 1.29 is 9.53 Å². The lowest BCUT2D eigenvalue weighted by atomic mass is 9.74. The summed E-state index contributed by atoms with van der Waals surface area (Å²) in [6.45, 7) is 7.47. The first-order valence-electron chi connectivity index (χ1n) is 8.22. The minimum atomic E-state index is 0.320. The first-order valence-corrected chi connectivity index (χ1v) is 8.22. The van der Waals surface area contributed by atoms with Crippen molar-refractivity contribution in [1.29, 1.82) is 0 Å². The SMILES string of the molecule is CCC=C1CC(CC(C)CCC(=O)N2CCOCC2)C1. The minimum absolute atomic E-state index is 0.320. The molecule has 114 valence electrons. The molecule has 20 heavy (non-hydrogen) atoms. The summed E-state index contributed by atoms with van der Waals surface area (Å²) >= 11 is 0. The van der Waals surface area contributed by atoms with E-state index in [0.29, 0.717) is 31.5 Å². The highest BCUT2D eigenvalue weighted by atomic mass is 16.5. The van der Waals surface area contributed by atoms with E-state index in [2.05, 4.69) is 19.9 Å². The summed E-state index contributed by atoms with van der Waals surface area (Å²) in [5, 5.41) is 0. The Morgan fingerprint density at radius 2 is 2.10 bits per heavy atom. The number of amides is 1. The van der Waals surface area contributed by atoms with Crippen molar-refractivity contribution >= 4 is 5.91 Å². The molecule has 2 aliphatic rings. The molecule has 0 aromatic rings. The molecule has 2 rings (SSSR count). The molecule has 1 saturated heterocycles. The van der Waals surface area contributed by atoms with Crippen molar-refractivity contribution in [2.75, 3.05) is 26.3 Å². The number of allylic oxidation sites excluding steroid dienone is 2. The van der Waals surface area contributed by atoms with Crippen LogP contribution in [0.5, 0.6) is 0 Å². The fourth-order valence-electron chi connectivity index (χ4n) is 3.33. The fourth-order valence-corrected chi connectivity index (χ4v) is 3.33. The average Bonchev–Trinajstić information content (AvgIpc) is 2.43. The van der Waals surface area contributed by atoms with Crippen LogP contribution in [0.1, 0.15) is 52.4 Å². The van der Waals surface area contributed by atoms with Gasteiger partial charge in [-0.1, -0.05) is 25.5 Å². The molecule has 1 amide bonds. The maximum atomic E-state index is 12.1. The molecule has 0 radical (unpaired) electrons. The summed E-state index contributed by atoms with van der Waals surface area (Å²) in [4.78, 5) is 14.0. The number of morpholine rings is 1. The van der Waals surface area contributed by atoms with Crippen molar-refractivity contribution in [3.63, 3.8) is 0 Å². The largest absolute Gasteiger partial charge is 0.378 e. The van der Waals surface area contributed by atoms with Crippen LogP contribution in [0.4, 0.5) is 0 Å². The van der Waals surface area contributed by atoms with Gasteiger partial charge in [0.1, 0.15) is 0 Å². The zero-order chi connectivity index (χ0) is 14.4. The summed E-state index contributed by atoms with van der Waals surface area (Å²) in [6, 6.07) is 0. The third kappa shape index (κ3) is 4.62. The van der Waals surface area contributed by atoms with E-state index in [1.54, 1.807) is 5.57 Å². The zero-order valence-corrected chi connectivity index (χ0v) is 13.1. The average molecular weight is 279 g/mol. The Balaban J connectivity index is 1.59. The highest BCUT2D eigenvalue weighted by Crippen LogP contribution is 2.38. The van der Waals surface area contributed by atoms with Gasteiger partial charge in [0.05, 0.1) is 13.2 Å². The minimum Gasteiger partial charge on any atom is -0.378 e. The molecule has 0 bridgehead atoms. The Bertz CT molecular complexity index is 337. The number of carbonyl (C=O) groups excluding carboxylic acids is 1. The second kappa shape index (κ2) is 7.82. The van der Waals surface area contributed by atoms with Crippen LogP contribution in [0.2, 0.25) is 0 Å². The third-order valence-electron chi connectivity index (χ3n) is 4.55. The fraction of sp³-hybridized carbons (Fsp3) is 0.824. The van der Waals surface area contributed by atoms with Gasteiger partial charge in [-0.3, -0.25) is 4.79 Å². The molecule has 1 unspecified atom stereocenters. The van der Waals surface area contributed by atoms with Gasteiger partial charge < -0.3 is 9.64 Å². The van der Waals surface area contributed by atoms with Crippen molar-refractivity contribution in [3.05, 3.63) is 11.6 Å². The first kappa shape index (κ1) is 15.6. The van der Waals surface area contributed by atoms with Gasteiger partial charge in [0.25, 0.3) is 0 Å². The summed E-state index contributed by atoms with van der Waals surface area (Å²) in [5.74, 6) is 1.87. The number of rotatable bonds is 6. The van der Waals surface area contributed by atoms with Crippen molar-refractivity contribution in [3.8, 4) is 0 Å². The molecular formula is C17H29NO2. The molecule has 1 aliphatic carbocycles. The Morgan fingerprint density at radius 1 is 1.40 bits per heavy atom. The predicted octanol–water partition coefficient (Wildman–Crippen LogP) is 3.40. The lowest BCUT2D eigenvalue weighted by molar-refractivity contribution is -0.135. The smallest absolute Gasteiger partial charge is 0.222 e. The summed E-state index contributed by atoms with van der Waals surface area (Å²) in [5.41, 5.74) is 1.65. The molecule has 1 aliphatic heterocycles. The second-order valence-corrected chi connectivity index (χ2v) is 6.42. The van der Waals surface area contributed by atoms with Crippen LogP contribution in [-0.2, 0) is 9.53 Å². The van der Waals surface area contributed by atoms with Gasteiger partial charge in [-0.2, -0.15) is 0 Å². The maximum absolute atomic E-state index is 12.1. The summed E-state index contributed by atoms with van der Waals surface area (Å²) in [7, 11) is 0. The van der Waals surface area contributed by atoms with E-state index in [-0.39, 0.29) is 0 Å². The van der Waals surface area contributed by atoms with Crippen LogP contribution in [-0.4, -0.2) is 37.1 Å². The Kier molecular flexibility index (Phi) is 6.08. The van der Waals surface area contributed by atoms with Crippen molar-refractivity contribution in [1.82, 2.24) is 4.90 Å². The van der Waals surface area contributed by atoms with Crippen molar-refractivity contribution in [2.45, 2.75) is 52.4 Å². The van der Waals surface area contributed by atoms with Gasteiger partial charge in [0.2, 0.25) is 5.91 Å². The van der Waals surface area contributed by atoms with Crippen LogP contribution >= 0.6 is 0 Å². The van der Waals surface area contributed by atoms with Gasteiger partial charge in [-0.05, 0) is 43.9 Å². The van der Waals surface area contributed by atoms with Crippen LogP contribution in [0.25, 0.3) is 0 Å². The lowest BCUT2D eigenvalue weighted by Gasteiger charge is -2.32. The summed E-state index contributed by atoms with van der Waals surface area (Å²) in [6.07, 6.45) is 9.20. The third-order valence-corrected chi connectivity index (χ3v) is 4.55. The standard InChI is InChI=1S/C17H29NO2/c1-3-4-15-12-16(13-15)11-14(2)5-6-17(19)18-7-9-20-10-8-18/h4,14,16H,3,5-13H2,1-2H3. The monoisotopic (exact) mass is 279 g/mol. The number of hydrogen-bond donors (Lipinski definition) is 0. The maximum Gasteiger partial charge on any atom is 0.222 e. The molecule has 0 spiro atoms. The molecule has 1 heterocycles. The van der Waals surface area contributed by atoms with E-state index in [4.69, 9.17) is 4.74 Å². The van der Waals surface area contributed by atoms with Gasteiger partial charge >= 0.3 is 0 Å². The highest BCUT2D eigenvalue weighted by molar-refractivity contribution is 5.76. The van der Waals surface area contributed by atoms with Crippen molar-refractivity contribution in [2.24, 2.45) is 11.8 Å². The molecule has 1 saturated carbocycles. The number of ether oxygens (including phenoxy) is 1. The molecule has 3 nitrogen and oxygen atoms in total. The Labute approximate surface area is 123 Å². The lowest BCUT2D eigenvalue weighted by Crippen LogP contribution is -2.40. The highest BCUT2D eigenvalue weighted by Gasteiger charge is 2.25. The van der Waals surface area contributed by atoms with Crippen LogP contribution in [0.15, 0.2) is 11.6 Å². The van der Waals surface area contributed by atoms with Crippen LogP contribution in [0, 0.1) is 11.8 Å². The van der Waals surface area contributed by atoms with E-state index in [1.807, 2.05) is 4.90 Å². The Hall–Kier alpha value is -0.830. The van der Waals surface area contributed by atoms with Gasteiger partial charge in [0, 0.05) is 19.5 Å². The second-order valence-electron chi connectivity index (χ2n) is 6.42. The topological polar surface area (TPSA) is 29.5 Å². The number of carbonyl (C=O) groups is 1. The van der Waals surface area contributed by atoms with Gasteiger partial charge in [-0.15, -0.1) is 0 Å². The zero-order valence-electron chi connectivity index (χ0n) is 13.1. The predicted molar refractivity (Wildman–Crippen MR) is 81.5 cm³/mol. The van der Waals surface area contributed by atoms with Gasteiger partial charge in [-0.25, -0.2) is 0 Å².